The lowest BCUT2D eigenvalue weighted by Crippen LogP contribution is -2.34. The number of anilines is 2. The van der Waals surface area contributed by atoms with Gasteiger partial charge in [-0.15, -0.1) is 5.10 Å². The molecule has 0 bridgehead atoms. The zero-order chi connectivity index (χ0) is 20.1. The van der Waals surface area contributed by atoms with Crippen molar-refractivity contribution in [2.75, 3.05) is 30.8 Å². The number of ether oxygens (including phenoxy) is 1. The number of aromatic nitrogens is 6. The van der Waals surface area contributed by atoms with Gasteiger partial charge in [0.05, 0.1) is 24.4 Å². The van der Waals surface area contributed by atoms with Crippen molar-refractivity contribution in [1.29, 1.82) is 0 Å². The van der Waals surface area contributed by atoms with E-state index in [9.17, 15) is 4.39 Å². The molecule has 29 heavy (non-hydrogen) atoms. The lowest BCUT2D eigenvalue weighted by Gasteiger charge is -2.32. The van der Waals surface area contributed by atoms with E-state index in [0.29, 0.717) is 28.1 Å². The maximum atomic E-state index is 14.1. The molecule has 0 spiro atoms. The van der Waals surface area contributed by atoms with Crippen molar-refractivity contribution in [2.45, 2.75) is 18.8 Å². The van der Waals surface area contributed by atoms with E-state index < -0.39 is 5.82 Å². The number of benzene rings is 1. The zero-order valence-corrected chi connectivity index (χ0v) is 16.2. The van der Waals surface area contributed by atoms with Gasteiger partial charge in [0, 0.05) is 38.3 Å². The number of nitrogen functional groups attached to an aromatic ring is 1. The molecule has 3 aromatic heterocycles. The molecule has 9 nitrogen and oxygen atoms in total. The number of halogens is 1. The second-order valence-corrected chi connectivity index (χ2v) is 7.34. The Balaban J connectivity index is 1.58. The molecule has 10 heteroatoms. The Morgan fingerprint density at radius 3 is 2.90 bits per heavy atom. The fraction of sp³-hybridized carbons (Fsp3) is 0.368. The average Bonchev–Trinajstić information content (AvgIpc) is 3.36. The predicted octanol–water partition coefficient (Wildman–Crippen LogP) is 2.12. The topological polar surface area (TPSA) is 99.4 Å². The molecule has 1 saturated heterocycles. The van der Waals surface area contributed by atoms with Gasteiger partial charge in [-0.3, -0.25) is 4.68 Å². The van der Waals surface area contributed by atoms with Gasteiger partial charge in [-0.1, -0.05) is 0 Å². The first kappa shape index (κ1) is 17.7. The Kier molecular flexibility index (Phi) is 4.00. The van der Waals surface area contributed by atoms with Crippen LogP contribution in [-0.4, -0.2) is 49.6 Å². The molecule has 0 unspecified atom stereocenters. The van der Waals surface area contributed by atoms with Crippen molar-refractivity contribution in [1.82, 2.24) is 29.4 Å². The molecule has 0 saturated carbocycles. The van der Waals surface area contributed by atoms with Crippen LogP contribution in [0.15, 0.2) is 24.5 Å². The minimum atomic E-state index is -0.423. The summed E-state index contributed by atoms with van der Waals surface area (Å²) in [6.07, 6.45) is 5.86. The van der Waals surface area contributed by atoms with Crippen molar-refractivity contribution >= 4 is 28.2 Å². The Labute approximate surface area is 165 Å². The summed E-state index contributed by atoms with van der Waals surface area (Å²) in [7, 11) is 3.38. The number of methoxy groups -OCH3 is 1. The maximum absolute atomic E-state index is 14.1. The Morgan fingerprint density at radius 2 is 2.14 bits per heavy atom. The second kappa shape index (κ2) is 6.57. The summed E-state index contributed by atoms with van der Waals surface area (Å²) in [6.45, 7) is 1.75. The number of fused-ring (bicyclic) bond motifs is 3. The van der Waals surface area contributed by atoms with Crippen molar-refractivity contribution in [3.63, 3.8) is 0 Å². The van der Waals surface area contributed by atoms with Gasteiger partial charge >= 0.3 is 0 Å². The minimum Gasteiger partial charge on any atom is -0.494 e. The smallest absolute Gasteiger partial charge is 0.223 e. The summed E-state index contributed by atoms with van der Waals surface area (Å²) < 4.78 is 22.7. The molecule has 150 valence electrons. The summed E-state index contributed by atoms with van der Waals surface area (Å²) >= 11 is 0. The van der Waals surface area contributed by atoms with E-state index >= 15 is 0 Å². The number of piperidine rings is 1. The third kappa shape index (κ3) is 2.91. The molecule has 1 aromatic carbocycles. The van der Waals surface area contributed by atoms with Gasteiger partial charge in [0.25, 0.3) is 0 Å². The Morgan fingerprint density at radius 1 is 1.28 bits per heavy atom. The van der Waals surface area contributed by atoms with Gasteiger partial charge in [-0.2, -0.15) is 9.61 Å². The summed E-state index contributed by atoms with van der Waals surface area (Å²) in [5.41, 5.74) is 8.17. The molecule has 4 heterocycles. The predicted molar refractivity (Wildman–Crippen MR) is 107 cm³/mol. The number of nitrogens with zero attached hydrogens (tertiary/aromatic N) is 7. The van der Waals surface area contributed by atoms with Crippen molar-refractivity contribution in [3.05, 3.63) is 36.2 Å². The highest BCUT2D eigenvalue weighted by molar-refractivity contribution is 5.95. The van der Waals surface area contributed by atoms with Gasteiger partial charge in [0.1, 0.15) is 17.1 Å². The van der Waals surface area contributed by atoms with E-state index in [1.807, 2.05) is 19.4 Å². The van der Waals surface area contributed by atoms with E-state index in [1.54, 1.807) is 4.68 Å². The quantitative estimate of drug-likeness (QED) is 0.566. The van der Waals surface area contributed by atoms with Gasteiger partial charge in [0.15, 0.2) is 11.5 Å². The van der Waals surface area contributed by atoms with Crippen molar-refractivity contribution in [3.8, 4) is 5.75 Å². The third-order valence-electron chi connectivity index (χ3n) is 5.41. The molecule has 0 amide bonds. The number of hydrogen-bond acceptors (Lipinski definition) is 7. The molecule has 5 rings (SSSR count). The molecular weight excluding hydrogens is 375 g/mol. The second-order valence-electron chi connectivity index (χ2n) is 7.34. The lowest BCUT2D eigenvalue weighted by molar-refractivity contribution is 0.415. The summed E-state index contributed by atoms with van der Waals surface area (Å²) in [6, 6.07) is 2.68. The highest BCUT2D eigenvalue weighted by Crippen LogP contribution is 2.32. The SMILES string of the molecule is COc1cc(F)cc2c1nc(N)n1nc([C@@H]3CCCN(c4cnn(C)c4)C3)nc21. The summed E-state index contributed by atoms with van der Waals surface area (Å²) in [5.74, 6) is 0.902. The van der Waals surface area contributed by atoms with E-state index in [0.717, 1.165) is 31.6 Å². The molecule has 1 aliphatic rings. The number of nitrogens with two attached hydrogens (primary N) is 1. The van der Waals surface area contributed by atoms with Crippen molar-refractivity contribution in [2.24, 2.45) is 7.05 Å². The number of aryl methyl sites for hydroxylation is 1. The minimum absolute atomic E-state index is 0.133. The van der Waals surface area contributed by atoms with E-state index in [1.165, 1.54) is 23.8 Å². The van der Waals surface area contributed by atoms with Gasteiger partial charge in [-0.05, 0) is 18.9 Å². The standard InChI is InChI=1S/C19H21FN8O/c1-26-10-13(8-22-26)27-5-3-4-11(9-27)17-24-18-14-6-12(20)7-15(29-2)16(14)23-19(21)28(18)25-17/h6-8,10-11H,3-5,9H2,1-2H3,(H2,21,23)/t11-/m1/s1. The van der Waals surface area contributed by atoms with Gasteiger partial charge < -0.3 is 15.4 Å². The molecule has 0 radical (unpaired) electrons. The maximum Gasteiger partial charge on any atom is 0.223 e. The number of hydrogen-bond donors (Lipinski definition) is 1. The van der Waals surface area contributed by atoms with Crippen LogP contribution in [0.25, 0.3) is 16.6 Å². The summed E-state index contributed by atoms with van der Waals surface area (Å²) in [4.78, 5) is 11.4. The van der Waals surface area contributed by atoms with Crippen LogP contribution in [0.5, 0.6) is 5.75 Å². The fourth-order valence-electron chi connectivity index (χ4n) is 4.01. The molecule has 2 N–H and O–H groups in total. The first-order chi connectivity index (χ1) is 14.0. The molecule has 1 aliphatic heterocycles. The van der Waals surface area contributed by atoms with Crippen LogP contribution in [0.3, 0.4) is 0 Å². The molecule has 0 aliphatic carbocycles. The molecule has 4 aromatic rings. The zero-order valence-electron chi connectivity index (χ0n) is 16.2. The lowest BCUT2D eigenvalue weighted by atomic mass is 9.97. The average molecular weight is 396 g/mol. The first-order valence-electron chi connectivity index (χ1n) is 9.46. The van der Waals surface area contributed by atoms with Crippen LogP contribution in [0.4, 0.5) is 16.0 Å². The molecule has 1 atom stereocenters. The monoisotopic (exact) mass is 396 g/mol. The van der Waals surface area contributed by atoms with Crippen LogP contribution in [0.1, 0.15) is 24.6 Å². The Hall–Kier alpha value is -3.43. The van der Waals surface area contributed by atoms with Crippen LogP contribution < -0.4 is 15.4 Å². The van der Waals surface area contributed by atoms with E-state index in [-0.39, 0.29) is 11.9 Å². The van der Waals surface area contributed by atoms with E-state index in [4.69, 9.17) is 15.5 Å². The van der Waals surface area contributed by atoms with Crippen LogP contribution in [-0.2, 0) is 7.05 Å². The fourth-order valence-corrected chi connectivity index (χ4v) is 4.01. The largest absolute Gasteiger partial charge is 0.494 e. The van der Waals surface area contributed by atoms with Crippen LogP contribution >= 0.6 is 0 Å². The normalized spacial score (nSPS) is 17.3. The third-order valence-corrected chi connectivity index (χ3v) is 5.41. The first-order valence-corrected chi connectivity index (χ1v) is 9.46. The molecular formula is C19H21FN8O. The summed E-state index contributed by atoms with van der Waals surface area (Å²) in [5, 5.41) is 9.40. The van der Waals surface area contributed by atoms with Gasteiger partial charge in [0.2, 0.25) is 5.95 Å². The van der Waals surface area contributed by atoms with Crippen LogP contribution in [0, 0.1) is 5.82 Å². The molecule has 1 fully saturated rings. The Bertz CT molecular complexity index is 1220. The van der Waals surface area contributed by atoms with E-state index in [2.05, 4.69) is 20.1 Å². The van der Waals surface area contributed by atoms with Crippen molar-refractivity contribution < 1.29 is 9.13 Å². The van der Waals surface area contributed by atoms with Gasteiger partial charge in [-0.25, -0.2) is 14.4 Å². The highest BCUT2D eigenvalue weighted by Gasteiger charge is 2.27. The number of rotatable bonds is 3. The highest BCUT2D eigenvalue weighted by atomic mass is 19.1. The van der Waals surface area contributed by atoms with Crippen LogP contribution in [0.2, 0.25) is 0 Å².